The zero-order valence-corrected chi connectivity index (χ0v) is 31.0. The summed E-state index contributed by atoms with van der Waals surface area (Å²) in [6.07, 6.45) is -2.03. The molecule has 0 bridgehead atoms. The van der Waals surface area contributed by atoms with Gasteiger partial charge in [-0.3, -0.25) is 4.79 Å². The van der Waals surface area contributed by atoms with E-state index < -0.39 is 26.1 Å². The lowest BCUT2D eigenvalue weighted by Gasteiger charge is -2.43. The lowest BCUT2D eigenvalue weighted by atomic mass is 10.0. The Morgan fingerprint density at radius 1 is 1.00 bits per heavy atom. The summed E-state index contributed by atoms with van der Waals surface area (Å²) in [4.78, 5) is 20.9. The molecule has 2 aliphatic heterocycles. The minimum atomic E-state index is -3.08. The Hall–Kier alpha value is -3.52. The van der Waals surface area contributed by atoms with E-state index in [2.05, 4.69) is 50.0 Å². The third-order valence-corrected chi connectivity index (χ3v) is 15.3. The van der Waals surface area contributed by atoms with Crippen LogP contribution in [0.5, 0.6) is 0 Å². The largest absolute Gasteiger partial charge is 0.403 e. The number of anilines is 1. The van der Waals surface area contributed by atoms with Crippen molar-refractivity contribution in [3.8, 4) is 0 Å². The zero-order chi connectivity index (χ0) is 35.6. The summed E-state index contributed by atoms with van der Waals surface area (Å²) in [5, 5.41) is 14.9. The van der Waals surface area contributed by atoms with Crippen LogP contribution in [0.2, 0.25) is 5.04 Å². The van der Waals surface area contributed by atoms with Crippen molar-refractivity contribution in [3.63, 3.8) is 0 Å². The fourth-order valence-corrected chi connectivity index (χ4v) is 12.5. The van der Waals surface area contributed by atoms with Crippen molar-refractivity contribution in [3.05, 3.63) is 106 Å². The Balaban J connectivity index is 1.44. The number of aromatic nitrogens is 1. The van der Waals surface area contributed by atoms with Crippen LogP contribution in [0.3, 0.4) is 0 Å². The van der Waals surface area contributed by atoms with Crippen LogP contribution in [0.4, 0.5) is 14.5 Å². The first-order valence-electron chi connectivity index (χ1n) is 17.1. The maximum atomic E-state index is 16.6. The molecule has 8 nitrogen and oxygen atoms in total. The number of nitrogens with zero attached hydrogens (tertiary/aromatic N) is 3. The molecule has 2 saturated heterocycles. The molecule has 0 spiro atoms. The van der Waals surface area contributed by atoms with Crippen molar-refractivity contribution < 1.29 is 32.6 Å². The molecule has 1 aromatic heterocycles. The quantitative estimate of drug-likeness (QED) is 0.223. The Kier molecular flexibility index (Phi) is 10.9. The van der Waals surface area contributed by atoms with E-state index in [4.69, 9.17) is 13.9 Å². The first-order valence-corrected chi connectivity index (χ1v) is 19.9. The number of halogens is 2. The number of hydrogen-bond acceptors (Lipinski definition) is 8. The van der Waals surface area contributed by atoms with Gasteiger partial charge in [0.2, 0.25) is 0 Å². The van der Waals surface area contributed by atoms with E-state index in [-0.39, 0.29) is 51.7 Å². The molecular formula is C38H45F2N3O5SSi. The molecule has 50 heavy (non-hydrogen) atoms. The van der Waals surface area contributed by atoms with E-state index >= 15 is 8.78 Å². The normalized spacial score (nSPS) is 19.4. The van der Waals surface area contributed by atoms with Gasteiger partial charge in [0.25, 0.3) is 14.2 Å². The predicted molar refractivity (Wildman–Crippen MR) is 194 cm³/mol. The highest BCUT2D eigenvalue weighted by Crippen LogP contribution is 2.40. The molecule has 0 aliphatic carbocycles. The number of aliphatic hydroxyl groups excluding tert-OH is 1. The highest BCUT2D eigenvalue weighted by molar-refractivity contribution is 7.10. The van der Waals surface area contributed by atoms with Gasteiger partial charge >= 0.3 is 0 Å². The third-order valence-electron chi connectivity index (χ3n) is 9.45. The fourth-order valence-electron chi connectivity index (χ4n) is 7.22. The molecule has 3 heterocycles. The van der Waals surface area contributed by atoms with Crippen LogP contribution in [0.25, 0.3) is 0 Å². The number of aliphatic hydroxyl groups is 1. The highest BCUT2D eigenvalue weighted by Gasteiger charge is 2.50. The Morgan fingerprint density at radius 2 is 1.58 bits per heavy atom. The van der Waals surface area contributed by atoms with Crippen LogP contribution in [0.1, 0.15) is 67.3 Å². The molecular weight excluding hydrogens is 677 g/mol. The fraction of sp³-hybridized carbons (Fsp3) is 0.421. The second-order valence-corrected chi connectivity index (χ2v) is 19.3. The second kappa shape index (κ2) is 15.0. The van der Waals surface area contributed by atoms with Crippen LogP contribution < -0.4 is 15.3 Å². The van der Waals surface area contributed by atoms with Crippen LogP contribution in [0, 0.1) is 11.6 Å². The van der Waals surface area contributed by atoms with Gasteiger partial charge in [0, 0.05) is 42.7 Å². The van der Waals surface area contributed by atoms with Gasteiger partial charge in [-0.15, -0.1) is 11.3 Å². The average molecular weight is 722 g/mol. The molecule has 4 aromatic rings. The van der Waals surface area contributed by atoms with Crippen LogP contribution in [-0.4, -0.2) is 80.8 Å². The molecule has 6 rings (SSSR count). The molecule has 2 fully saturated rings. The van der Waals surface area contributed by atoms with Gasteiger partial charge in [-0.05, 0) is 35.3 Å². The maximum Gasteiger partial charge on any atom is 0.273 e. The van der Waals surface area contributed by atoms with Gasteiger partial charge in [-0.25, -0.2) is 13.8 Å². The smallest absolute Gasteiger partial charge is 0.273 e. The van der Waals surface area contributed by atoms with Crippen molar-refractivity contribution in [1.82, 2.24) is 9.88 Å². The topological polar surface area (TPSA) is 84.4 Å². The Morgan fingerprint density at radius 3 is 2.14 bits per heavy atom. The van der Waals surface area contributed by atoms with Gasteiger partial charge in [0.15, 0.2) is 11.6 Å². The van der Waals surface area contributed by atoms with Crippen molar-refractivity contribution in [2.75, 3.05) is 44.3 Å². The van der Waals surface area contributed by atoms with Crippen molar-refractivity contribution in [1.29, 1.82) is 0 Å². The summed E-state index contributed by atoms with van der Waals surface area (Å²) in [6.45, 7) is 12.7. The number of carbonyl (C=O) groups is 1. The zero-order valence-electron chi connectivity index (χ0n) is 29.2. The monoisotopic (exact) mass is 721 g/mol. The molecule has 12 heteroatoms. The van der Waals surface area contributed by atoms with Crippen molar-refractivity contribution in [2.24, 2.45) is 0 Å². The molecule has 2 aliphatic rings. The number of carbonyl (C=O) groups excluding carboxylic acids is 1. The van der Waals surface area contributed by atoms with E-state index in [1.165, 1.54) is 6.07 Å². The van der Waals surface area contributed by atoms with E-state index in [0.29, 0.717) is 45.0 Å². The minimum absolute atomic E-state index is 0.0434. The molecule has 1 unspecified atom stereocenters. The average Bonchev–Trinajstić information content (AvgIpc) is 3.60. The Bertz CT molecular complexity index is 1730. The van der Waals surface area contributed by atoms with Crippen molar-refractivity contribution >= 4 is 41.6 Å². The standard InChI is InChI=1S/C38H45F2N3O5SSi/c1-25-21-43(22-26(2)48-25)34-27(23-47-50(38(3,4)5,28-12-8-6-9-13-28)29-14-10-7-11-15-29)20-30(32(39)33(34)40)35(44)36-41-31(24-49-36)37(45)42-16-18-46-19-17-42/h6-15,20,24-26,35,44H,16-19,21-23H2,1-5H3/t25-,26+,35?. The predicted octanol–water partition coefficient (Wildman–Crippen LogP) is 5.67. The molecule has 0 saturated carbocycles. The number of amides is 1. The summed E-state index contributed by atoms with van der Waals surface area (Å²) in [5.74, 6) is -2.52. The van der Waals surface area contributed by atoms with E-state index in [1.807, 2.05) is 55.1 Å². The highest BCUT2D eigenvalue weighted by atomic mass is 32.1. The first-order chi connectivity index (χ1) is 23.9. The molecule has 0 radical (unpaired) electrons. The summed E-state index contributed by atoms with van der Waals surface area (Å²) < 4.78 is 51.4. The Labute approximate surface area is 297 Å². The van der Waals surface area contributed by atoms with Gasteiger partial charge in [0.1, 0.15) is 16.8 Å². The van der Waals surface area contributed by atoms with Crippen LogP contribution in [-0.2, 0) is 20.5 Å². The molecule has 1 amide bonds. The summed E-state index contributed by atoms with van der Waals surface area (Å²) >= 11 is 1.03. The maximum absolute atomic E-state index is 16.6. The lowest BCUT2D eigenvalue weighted by Crippen LogP contribution is -2.66. The third kappa shape index (κ3) is 7.14. The van der Waals surface area contributed by atoms with Gasteiger partial charge < -0.3 is 28.8 Å². The summed E-state index contributed by atoms with van der Waals surface area (Å²) in [7, 11) is -3.08. The summed E-state index contributed by atoms with van der Waals surface area (Å²) in [6, 6.07) is 21.7. The molecule has 266 valence electrons. The number of benzene rings is 3. The SMILES string of the molecule is C[C@@H]1CN(c2c(CO[Si](c3ccccc3)(c3ccccc3)C(C)(C)C)cc(C(O)c3nc(C(=O)N4CCOCC4)cs3)c(F)c2F)C[C@H](C)O1. The minimum Gasteiger partial charge on any atom is -0.403 e. The van der Waals surface area contributed by atoms with Crippen LogP contribution in [0.15, 0.2) is 72.1 Å². The lowest BCUT2D eigenvalue weighted by molar-refractivity contribution is -0.00554. The number of rotatable bonds is 9. The molecule has 3 aromatic carbocycles. The molecule has 1 N–H and O–H groups in total. The van der Waals surface area contributed by atoms with Gasteiger partial charge in [-0.2, -0.15) is 0 Å². The van der Waals surface area contributed by atoms with E-state index in [1.54, 1.807) is 10.3 Å². The first kappa shape index (κ1) is 36.3. The molecule has 3 atom stereocenters. The number of hydrogen-bond donors (Lipinski definition) is 1. The number of morpholine rings is 2. The van der Waals surface area contributed by atoms with Gasteiger partial charge in [-0.1, -0.05) is 81.4 Å². The van der Waals surface area contributed by atoms with Crippen LogP contribution >= 0.6 is 11.3 Å². The second-order valence-electron chi connectivity index (χ2n) is 14.1. The van der Waals surface area contributed by atoms with Crippen molar-refractivity contribution in [2.45, 2.75) is 64.6 Å². The number of ether oxygens (including phenoxy) is 2. The summed E-state index contributed by atoms with van der Waals surface area (Å²) in [5.41, 5.74) is 0.394. The van der Waals surface area contributed by atoms with E-state index in [9.17, 15) is 9.90 Å². The van der Waals surface area contributed by atoms with E-state index in [0.717, 1.165) is 21.7 Å². The number of thiazole rings is 1. The van der Waals surface area contributed by atoms with Gasteiger partial charge in [0.05, 0.1) is 37.7 Å².